The van der Waals surface area contributed by atoms with Gasteiger partial charge in [0.1, 0.15) is 49.9 Å². The Balaban J connectivity index is 5.72. The van der Waals surface area contributed by atoms with E-state index < -0.39 is 354 Å². The maximum atomic E-state index is 15.7. The molecule has 0 unspecified atom stereocenters. The number of rotatable bonds is 51. The molecule has 0 atom stereocenters. The lowest BCUT2D eigenvalue weighted by molar-refractivity contribution is -0.160. The van der Waals surface area contributed by atoms with Gasteiger partial charge < -0.3 is 186 Å². The summed E-state index contributed by atoms with van der Waals surface area (Å²) in [5.74, 6) is -25.7. The molecular formula is C57H105N9O36. The van der Waals surface area contributed by atoms with Gasteiger partial charge in [-0.05, 0) is 56.3 Å². The molecule has 0 bridgehead atoms. The lowest BCUT2D eigenvalue weighted by Crippen LogP contribution is -2.72. The topological polar surface area (TPSA) is 808 Å². The fourth-order valence-electron chi connectivity index (χ4n) is 10.8. The summed E-state index contributed by atoms with van der Waals surface area (Å²) in [7, 11) is 0. The molecule has 0 heterocycles. The van der Waals surface area contributed by atoms with Crippen molar-refractivity contribution in [1.82, 2.24) is 47.9 Å². The summed E-state index contributed by atoms with van der Waals surface area (Å²) in [5.41, 5.74) is -37.1. The van der Waals surface area contributed by atoms with Gasteiger partial charge in [0.25, 0.3) is 0 Å². The Hall–Kier alpha value is -5.85. The van der Waals surface area contributed by atoms with Crippen LogP contribution in [0.3, 0.4) is 0 Å². The maximum absolute atomic E-state index is 15.7. The van der Waals surface area contributed by atoms with Gasteiger partial charge in [-0.2, -0.15) is 0 Å². The average Bonchev–Trinajstić information content (AvgIpc) is 0.776. The number of amides is 9. The van der Waals surface area contributed by atoms with Gasteiger partial charge in [0.2, 0.25) is 69.4 Å². The minimum atomic E-state index is -3.99. The molecular weight excluding hydrogens is 1390 g/mol. The predicted molar refractivity (Wildman–Crippen MR) is 335 cm³/mol. The first-order valence-corrected chi connectivity index (χ1v) is 31.4. The number of carbonyl (C=O) groups excluding carboxylic acids is 9. The van der Waals surface area contributed by atoms with E-state index in [1.54, 1.807) is 0 Å². The summed E-state index contributed by atoms with van der Waals surface area (Å²) < 4.78 is 0. The molecule has 1 aliphatic rings. The Labute approximate surface area is 581 Å². The van der Waals surface area contributed by atoms with E-state index in [1.807, 2.05) is 47.9 Å². The standard InChI is InChI=1S/C57H105N9O36/c67-7-46(8-68,9-69)58-37(94)55(38(95)59-47(10-70,11-71)12-72,39(96)60-48(13-73,14-74)15-75)4-34-1-35(5-56(40(97)61-49(16-76,17-77)18-78,41(98)62-50(19-79,20-80)21-81)42(99)63-51(22-82,23-83)24-84)3-36(2-34)6-57(43(100)64-52(25-85,26-86)27-87,44(101)65-53(28-88,29-89)30-90)45(102)66-54(31-91,32-92)33-93/h34-36,67-93H,1-33H2,(H,58,94)(H,59,95)(H,60,96)(H,61,97)(H,62,98)(H,63,99)(H,64,100)(H,65,101)(H,66,102). The van der Waals surface area contributed by atoms with Crippen LogP contribution >= 0.6 is 0 Å². The third-order valence-corrected chi connectivity index (χ3v) is 18.9. The predicted octanol–water partition coefficient (Wildman–Crippen LogP) is -21.4. The zero-order valence-electron chi connectivity index (χ0n) is 55.8. The van der Waals surface area contributed by atoms with Crippen molar-refractivity contribution >= 4 is 53.2 Å². The highest BCUT2D eigenvalue weighted by atomic mass is 16.3. The Kier molecular flexibility index (Phi) is 37.5. The van der Waals surface area contributed by atoms with Crippen molar-refractivity contribution in [2.75, 3.05) is 178 Å². The molecule has 0 aromatic heterocycles. The third kappa shape index (κ3) is 20.2. The lowest BCUT2D eigenvalue weighted by Gasteiger charge is -2.46. The summed E-state index contributed by atoms with van der Waals surface area (Å²) in [6.45, 7) is -41.3. The molecule has 0 aliphatic heterocycles. The van der Waals surface area contributed by atoms with Crippen LogP contribution in [0.25, 0.3) is 0 Å². The van der Waals surface area contributed by atoms with Crippen molar-refractivity contribution in [1.29, 1.82) is 0 Å². The van der Waals surface area contributed by atoms with Gasteiger partial charge in [0, 0.05) is 0 Å². The van der Waals surface area contributed by atoms with Gasteiger partial charge in [0.15, 0.2) is 0 Å². The van der Waals surface area contributed by atoms with E-state index in [0.29, 0.717) is 0 Å². The molecule has 0 radical (unpaired) electrons. The second-order valence-corrected chi connectivity index (χ2v) is 26.5. The van der Waals surface area contributed by atoms with E-state index in [1.165, 1.54) is 0 Å². The normalized spacial score (nSPS) is 16.3. The van der Waals surface area contributed by atoms with E-state index in [2.05, 4.69) is 0 Å². The first kappa shape index (κ1) is 94.2. The van der Waals surface area contributed by atoms with E-state index in [9.17, 15) is 138 Å². The Morgan fingerprint density at radius 2 is 0.255 bits per heavy atom. The zero-order chi connectivity index (χ0) is 78.6. The molecule has 1 aliphatic carbocycles. The first-order chi connectivity index (χ1) is 48.0. The number of nitrogens with one attached hydrogen (secondary N) is 9. The average molecular weight is 1490 g/mol. The summed E-state index contributed by atoms with van der Waals surface area (Å²) in [6.07, 6.45) is -8.44. The second kappa shape index (κ2) is 40.6. The van der Waals surface area contributed by atoms with Crippen LogP contribution in [0, 0.1) is 34.0 Å². The van der Waals surface area contributed by atoms with Crippen molar-refractivity contribution in [3.8, 4) is 0 Å². The third-order valence-electron chi connectivity index (χ3n) is 18.9. The van der Waals surface area contributed by atoms with Crippen LogP contribution in [0.5, 0.6) is 0 Å². The highest BCUT2D eigenvalue weighted by Crippen LogP contribution is 2.49. The van der Waals surface area contributed by atoms with Crippen molar-refractivity contribution in [3.63, 3.8) is 0 Å². The van der Waals surface area contributed by atoms with E-state index in [0.717, 1.165) is 0 Å². The minimum Gasteiger partial charge on any atom is -0.394 e. The van der Waals surface area contributed by atoms with E-state index in [-0.39, 0.29) is 0 Å². The smallest absolute Gasteiger partial charge is 0.246 e. The summed E-state index contributed by atoms with van der Waals surface area (Å²) >= 11 is 0. The Morgan fingerprint density at radius 3 is 0.324 bits per heavy atom. The number of aliphatic hydroxyl groups is 27. The molecule has 1 rings (SSSR count). The number of carbonyl (C=O) groups is 9. The fourth-order valence-corrected chi connectivity index (χ4v) is 10.8. The molecule has 1 saturated carbocycles. The summed E-state index contributed by atoms with van der Waals surface area (Å²) in [6, 6.07) is 0. The highest BCUT2D eigenvalue weighted by molar-refractivity contribution is 6.25. The van der Waals surface area contributed by atoms with E-state index >= 15 is 43.2 Å². The van der Waals surface area contributed by atoms with Crippen LogP contribution in [0.15, 0.2) is 0 Å². The first-order valence-electron chi connectivity index (χ1n) is 31.4. The van der Waals surface area contributed by atoms with Crippen molar-refractivity contribution < 1.29 is 181 Å². The summed E-state index contributed by atoms with van der Waals surface area (Å²) in [5, 5.41) is 303. The highest BCUT2D eigenvalue weighted by Gasteiger charge is 2.64. The van der Waals surface area contributed by atoms with Gasteiger partial charge in [-0.3, -0.25) is 43.2 Å². The van der Waals surface area contributed by atoms with Crippen molar-refractivity contribution in [2.24, 2.45) is 34.0 Å². The number of hydrogen-bond acceptors (Lipinski definition) is 36. The number of aliphatic hydroxyl groups excluding tert-OH is 27. The van der Waals surface area contributed by atoms with Gasteiger partial charge in [-0.1, -0.05) is 0 Å². The molecule has 0 saturated heterocycles. The van der Waals surface area contributed by atoms with Gasteiger partial charge >= 0.3 is 0 Å². The number of hydrogen-bond donors (Lipinski definition) is 36. The molecule has 102 heavy (non-hydrogen) atoms. The largest absolute Gasteiger partial charge is 0.394 e. The maximum Gasteiger partial charge on any atom is 0.246 e. The van der Waals surface area contributed by atoms with Crippen molar-refractivity contribution in [2.45, 2.75) is 88.4 Å². The molecule has 0 spiro atoms. The molecule has 36 N–H and O–H groups in total. The Morgan fingerprint density at radius 1 is 0.176 bits per heavy atom. The van der Waals surface area contributed by atoms with E-state index in [4.69, 9.17) is 0 Å². The van der Waals surface area contributed by atoms with Crippen LogP contribution in [0.1, 0.15) is 38.5 Å². The SMILES string of the molecule is O=C(NC(CO)(CO)CO)C(CC1CC(CC(C(=O)NC(CO)(CO)CO)(C(=O)NC(CO)(CO)CO)C(=O)NC(CO)(CO)CO)CC(CC(C(=O)NC(CO)(CO)CO)(C(=O)NC(CO)(CO)CO)C(=O)NC(CO)(CO)CO)C1)(C(=O)NC(CO)(CO)CO)C(=O)NC(CO)(CO)CO. The van der Waals surface area contributed by atoms with Crippen LogP contribution in [-0.4, -0.2) is 419 Å². The molecule has 45 nitrogen and oxygen atoms in total. The quantitative estimate of drug-likeness (QED) is 0.0252. The monoisotopic (exact) mass is 1490 g/mol. The van der Waals surface area contributed by atoms with Crippen LogP contribution in [0.2, 0.25) is 0 Å². The zero-order valence-corrected chi connectivity index (χ0v) is 55.8. The summed E-state index contributed by atoms with van der Waals surface area (Å²) in [4.78, 5) is 141. The van der Waals surface area contributed by atoms with Gasteiger partial charge in [-0.15, -0.1) is 0 Å². The molecule has 1 fully saturated rings. The Bertz CT molecular complexity index is 2070. The van der Waals surface area contributed by atoms with Crippen molar-refractivity contribution in [3.05, 3.63) is 0 Å². The minimum absolute atomic E-state index is 1.10. The van der Waals surface area contributed by atoms with Gasteiger partial charge in [0.05, 0.1) is 178 Å². The molecule has 594 valence electrons. The second-order valence-electron chi connectivity index (χ2n) is 26.5. The molecule has 45 heteroatoms. The molecule has 0 aromatic carbocycles. The van der Waals surface area contributed by atoms with Crippen LogP contribution in [0.4, 0.5) is 0 Å². The van der Waals surface area contributed by atoms with Gasteiger partial charge in [-0.25, -0.2) is 0 Å². The lowest BCUT2D eigenvalue weighted by atomic mass is 9.61. The molecule has 9 amide bonds. The van der Waals surface area contributed by atoms with Crippen LogP contribution < -0.4 is 47.9 Å². The van der Waals surface area contributed by atoms with Crippen LogP contribution in [-0.2, 0) is 43.2 Å². The molecule has 0 aromatic rings. The fraction of sp³-hybridized carbons (Fsp3) is 0.842.